The minimum Gasteiger partial charge on any atom is -0.329 e. The van der Waals surface area contributed by atoms with E-state index in [9.17, 15) is 4.79 Å². The molecule has 0 rings (SSSR count). The lowest BCUT2D eigenvalue weighted by Crippen LogP contribution is -2.29. The Labute approximate surface area is 79.3 Å². The molecule has 0 aliphatic carbocycles. The second kappa shape index (κ2) is 6.26. The summed E-state index contributed by atoms with van der Waals surface area (Å²) in [5, 5.41) is -0.351. The highest BCUT2D eigenvalue weighted by Crippen LogP contribution is 1.97. The quantitative estimate of drug-likeness (QED) is 0.488. The van der Waals surface area contributed by atoms with Gasteiger partial charge in [-0.05, 0) is 45.6 Å². The summed E-state index contributed by atoms with van der Waals surface area (Å²) in [5.74, 6) is 0. The van der Waals surface area contributed by atoms with Crippen molar-refractivity contribution in [3.8, 4) is 0 Å². The Morgan fingerprint density at radius 2 is 1.92 bits per heavy atom. The van der Waals surface area contributed by atoms with Gasteiger partial charge in [0.25, 0.3) is 0 Å². The molecule has 0 fully saturated rings. The zero-order valence-electron chi connectivity index (χ0n) is 8.01. The van der Waals surface area contributed by atoms with Crippen LogP contribution in [-0.4, -0.2) is 48.9 Å². The van der Waals surface area contributed by atoms with Crippen molar-refractivity contribution in [2.45, 2.75) is 13.3 Å². The SMILES string of the molecule is CCN(CCCN(C)C)C(=O)Cl. The first-order valence-electron chi connectivity index (χ1n) is 4.17. The van der Waals surface area contributed by atoms with Gasteiger partial charge in [-0.15, -0.1) is 0 Å². The first-order chi connectivity index (χ1) is 5.57. The van der Waals surface area contributed by atoms with E-state index in [4.69, 9.17) is 11.6 Å². The average Bonchev–Trinajstić information content (AvgIpc) is 1.96. The van der Waals surface area contributed by atoms with E-state index in [0.29, 0.717) is 6.54 Å². The van der Waals surface area contributed by atoms with Gasteiger partial charge in [-0.1, -0.05) is 0 Å². The summed E-state index contributed by atoms with van der Waals surface area (Å²) < 4.78 is 0. The van der Waals surface area contributed by atoms with Crippen LogP contribution < -0.4 is 0 Å². The van der Waals surface area contributed by atoms with E-state index < -0.39 is 0 Å². The first kappa shape index (κ1) is 11.7. The fourth-order valence-electron chi connectivity index (χ4n) is 0.948. The van der Waals surface area contributed by atoms with Crippen LogP contribution in [0, 0.1) is 0 Å². The first-order valence-corrected chi connectivity index (χ1v) is 4.54. The normalized spacial score (nSPS) is 10.4. The van der Waals surface area contributed by atoms with Gasteiger partial charge in [0.2, 0.25) is 0 Å². The maximum atomic E-state index is 10.7. The zero-order valence-corrected chi connectivity index (χ0v) is 8.76. The highest BCUT2D eigenvalue weighted by atomic mass is 35.5. The summed E-state index contributed by atoms with van der Waals surface area (Å²) in [4.78, 5) is 14.4. The molecule has 0 N–H and O–H groups in total. The Balaban J connectivity index is 3.52. The Bertz CT molecular complexity index is 139. The summed E-state index contributed by atoms with van der Waals surface area (Å²) in [6.07, 6.45) is 0.972. The largest absolute Gasteiger partial charge is 0.329 e. The molecule has 0 heterocycles. The predicted octanol–water partition coefficient (Wildman–Crippen LogP) is 1.62. The molecule has 0 aromatic heterocycles. The molecule has 0 aromatic rings. The maximum absolute atomic E-state index is 10.7. The number of hydrogen-bond acceptors (Lipinski definition) is 2. The van der Waals surface area contributed by atoms with E-state index >= 15 is 0 Å². The average molecular weight is 193 g/mol. The highest BCUT2D eigenvalue weighted by molar-refractivity contribution is 6.62. The van der Waals surface area contributed by atoms with Crippen LogP contribution in [0.1, 0.15) is 13.3 Å². The predicted molar refractivity (Wildman–Crippen MR) is 51.7 cm³/mol. The summed E-state index contributed by atoms with van der Waals surface area (Å²) in [5.41, 5.74) is 0. The molecular weight excluding hydrogens is 176 g/mol. The van der Waals surface area contributed by atoms with Crippen molar-refractivity contribution in [3.63, 3.8) is 0 Å². The number of halogens is 1. The monoisotopic (exact) mass is 192 g/mol. The van der Waals surface area contributed by atoms with Crippen molar-refractivity contribution in [2.24, 2.45) is 0 Å². The van der Waals surface area contributed by atoms with E-state index in [1.54, 1.807) is 4.90 Å². The lowest BCUT2D eigenvalue weighted by atomic mass is 10.4. The number of hydrogen-bond donors (Lipinski definition) is 0. The number of amides is 1. The summed E-state index contributed by atoms with van der Waals surface area (Å²) >= 11 is 5.33. The van der Waals surface area contributed by atoms with Crippen LogP contribution in [0.2, 0.25) is 0 Å². The van der Waals surface area contributed by atoms with Gasteiger partial charge in [-0.25, -0.2) is 0 Å². The van der Waals surface area contributed by atoms with Gasteiger partial charge in [-0.3, -0.25) is 4.79 Å². The van der Waals surface area contributed by atoms with E-state index in [-0.39, 0.29) is 5.37 Å². The number of carbonyl (C=O) groups excluding carboxylic acids is 1. The Morgan fingerprint density at radius 1 is 1.33 bits per heavy atom. The van der Waals surface area contributed by atoms with Gasteiger partial charge >= 0.3 is 5.37 Å². The van der Waals surface area contributed by atoms with Gasteiger partial charge in [0, 0.05) is 13.1 Å². The molecule has 0 aliphatic rings. The summed E-state index contributed by atoms with van der Waals surface area (Å²) in [6, 6.07) is 0. The molecule has 1 amide bonds. The highest BCUT2D eigenvalue weighted by Gasteiger charge is 2.06. The fourth-order valence-corrected chi connectivity index (χ4v) is 1.15. The Morgan fingerprint density at radius 3 is 2.25 bits per heavy atom. The van der Waals surface area contributed by atoms with Crippen molar-refractivity contribution < 1.29 is 4.79 Å². The van der Waals surface area contributed by atoms with Crippen LogP contribution >= 0.6 is 11.6 Å². The molecule has 0 bridgehead atoms. The van der Waals surface area contributed by atoms with Gasteiger partial charge in [0.05, 0.1) is 0 Å². The molecule has 0 aromatic carbocycles. The molecule has 0 unspecified atom stereocenters. The van der Waals surface area contributed by atoms with E-state index in [0.717, 1.165) is 19.5 Å². The molecule has 0 radical (unpaired) electrons. The maximum Gasteiger partial charge on any atom is 0.316 e. The molecule has 0 saturated heterocycles. The van der Waals surface area contributed by atoms with Crippen molar-refractivity contribution in [2.75, 3.05) is 33.7 Å². The van der Waals surface area contributed by atoms with Crippen LogP contribution in [-0.2, 0) is 0 Å². The molecule has 0 aliphatic heterocycles. The third kappa shape index (κ3) is 5.38. The number of rotatable bonds is 5. The molecule has 3 nitrogen and oxygen atoms in total. The Kier molecular flexibility index (Phi) is 6.11. The topological polar surface area (TPSA) is 23.6 Å². The van der Waals surface area contributed by atoms with Crippen molar-refractivity contribution in [3.05, 3.63) is 0 Å². The van der Waals surface area contributed by atoms with Gasteiger partial charge in [0.1, 0.15) is 0 Å². The minimum atomic E-state index is -0.351. The van der Waals surface area contributed by atoms with Gasteiger partial charge in [-0.2, -0.15) is 0 Å². The lowest BCUT2D eigenvalue weighted by molar-refractivity contribution is 0.221. The van der Waals surface area contributed by atoms with E-state index in [2.05, 4.69) is 4.90 Å². The second-order valence-corrected chi connectivity index (χ2v) is 3.31. The Hall–Kier alpha value is -0.280. The minimum absolute atomic E-state index is 0.351. The van der Waals surface area contributed by atoms with Gasteiger partial charge in [0.15, 0.2) is 0 Å². The van der Waals surface area contributed by atoms with Crippen LogP contribution in [0.4, 0.5) is 4.79 Å². The van der Waals surface area contributed by atoms with Crippen LogP contribution in [0.5, 0.6) is 0 Å². The molecule has 0 atom stereocenters. The third-order valence-corrected chi connectivity index (χ3v) is 1.90. The molecule has 4 heteroatoms. The second-order valence-electron chi connectivity index (χ2n) is 2.99. The van der Waals surface area contributed by atoms with E-state index in [1.807, 2.05) is 21.0 Å². The van der Waals surface area contributed by atoms with Crippen LogP contribution in [0.25, 0.3) is 0 Å². The summed E-state index contributed by atoms with van der Waals surface area (Å²) in [6.45, 7) is 4.35. The van der Waals surface area contributed by atoms with Crippen molar-refractivity contribution in [1.82, 2.24) is 9.80 Å². The van der Waals surface area contributed by atoms with Crippen molar-refractivity contribution >= 4 is 17.0 Å². The molecular formula is C8H17ClN2O. The fraction of sp³-hybridized carbons (Fsp3) is 0.875. The van der Waals surface area contributed by atoms with Crippen LogP contribution in [0.3, 0.4) is 0 Å². The molecule has 12 heavy (non-hydrogen) atoms. The number of carbonyl (C=O) groups is 1. The smallest absolute Gasteiger partial charge is 0.316 e. The number of nitrogens with zero attached hydrogens (tertiary/aromatic N) is 2. The molecule has 0 saturated carbocycles. The molecule has 0 spiro atoms. The van der Waals surface area contributed by atoms with Gasteiger partial charge < -0.3 is 9.80 Å². The lowest BCUT2D eigenvalue weighted by Gasteiger charge is -2.18. The third-order valence-electron chi connectivity index (χ3n) is 1.66. The zero-order chi connectivity index (χ0) is 9.56. The van der Waals surface area contributed by atoms with E-state index in [1.165, 1.54) is 0 Å². The summed E-state index contributed by atoms with van der Waals surface area (Å²) in [7, 11) is 4.03. The van der Waals surface area contributed by atoms with Crippen molar-refractivity contribution in [1.29, 1.82) is 0 Å². The molecule has 72 valence electrons. The standard InChI is InChI=1S/C8H17ClN2O/c1-4-11(8(9)12)7-5-6-10(2)3/h4-7H2,1-3H3. The van der Waals surface area contributed by atoms with Crippen LogP contribution in [0.15, 0.2) is 0 Å².